The summed E-state index contributed by atoms with van der Waals surface area (Å²) in [6.07, 6.45) is 1.34. The van der Waals surface area contributed by atoms with Crippen LogP contribution in [0.15, 0.2) is 24.3 Å². The van der Waals surface area contributed by atoms with Crippen molar-refractivity contribution >= 4 is 12.0 Å². The zero-order chi connectivity index (χ0) is 9.68. The lowest BCUT2D eigenvalue weighted by atomic mass is 10.2. The quantitative estimate of drug-likeness (QED) is 0.693. The number of aldehydes is 1. The Morgan fingerprint density at radius 2 is 2.38 bits per heavy atom. The van der Waals surface area contributed by atoms with Gasteiger partial charge in [-0.3, -0.25) is 0 Å². The minimum atomic E-state index is 0.0966. The minimum absolute atomic E-state index is 0.0966. The van der Waals surface area contributed by atoms with Crippen LogP contribution in [-0.4, -0.2) is 17.4 Å². The molecule has 0 saturated heterocycles. The van der Waals surface area contributed by atoms with Gasteiger partial charge in [0.2, 0.25) is 0 Å². The molecule has 3 heteroatoms. The van der Waals surface area contributed by atoms with Crippen molar-refractivity contribution in [2.45, 2.75) is 19.4 Å². The van der Waals surface area contributed by atoms with Crippen LogP contribution in [-0.2, 0) is 4.79 Å². The van der Waals surface area contributed by atoms with E-state index in [4.69, 9.17) is 5.11 Å². The van der Waals surface area contributed by atoms with Crippen molar-refractivity contribution < 1.29 is 9.90 Å². The molecule has 1 rings (SSSR count). The largest absolute Gasteiger partial charge is 0.508 e. The molecule has 0 fully saturated rings. The molecule has 3 nitrogen and oxygen atoms in total. The highest BCUT2D eigenvalue weighted by atomic mass is 16.3. The summed E-state index contributed by atoms with van der Waals surface area (Å²) in [6.45, 7) is 1.92. The number of carbonyl (C=O) groups excluding carboxylic acids is 1. The van der Waals surface area contributed by atoms with Gasteiger partial charge in [-0.15, -0.1) is 0 Å². The molecule has 13 heavy (non-hydrogen) atoms. The van der Waals surface area contributed by atoms with Crippen molar-refractivity contribution in [3.05, 3.63) is 24.3 Å². The highest BCUT2D eigenvalue weighted by Crippen LogP contribution is 2.16. The summed E-state index contributed by atoms with van der Waals surface area (Å²) >= 11 is 0. The first kappa shape index (κ1) is 9.58. The molecule has 1 aromatic carbocycles. The van der Waals surface area contributed by atoms with E-state index in [1.54, 1.807) is 18.2 Å². The molecule has 0 spiro atoms. The van der Waals surface area contributed by atoms with E-state index < -0.39 is 0 Å². The summed E-state index contributed by atoms with van der Waals surface area (Å²) in [5, 5.41) is 12.2. The number of benzene rings is 1. The zero-order valence-electron chi connectivity index (χ0n) is 7.53. The molecular weight excluding hydrogens is 166 g/mol. The second kappa shape index (κ2) is 4.50. The SMILES string of the molecule is CC(CC=O)Nc1cccc(O)c1. The average molecular weight is 179 g/mol. The number of phenols is 1. The lowest BCUT2D eigenvalue weighted by Gasteiger charge is -2.11. The Bertz CT molecular complexity index is 286. The van der Waals surface area contributed by atoms with Gasteiger partial charge in [-0.05, 0) is 19.1 Å². The standard InChI is InChI=1S/C10H13NO2/c1-8(5-6-12)11-9-3-2-4-10(13)7-9/h2-4,6-8,11,13H,5H2,1H3. The highest BCUT2D eigenvalue weighted by molar-refractivity contribution is 5.54. The number of hydrogen-bond donors (Lipinski definition) is 2. The molecule has 0 aliphatic heterocycles. The molecule has 2 N–H and O–H groups in total. The number of anilines is 1. The Morgan fingerprint density at radius 1 is 1.62 bits per heavy atom. The Labute approximate surface area is 77.4 Å². The van der Waals surface area contributed by atoms with Crippen molar-refractivity contribution in [3.63, 3.8) is 0 Å². The van der Waals surface area contributed by atoms with Crippen LogP contribution in [0.1, 0.15) is 13.3 Å². The number of aromatic hydroxyl groups is 1. The van der Waals surface area contributed by atoms with Gasteiger partial charge in [-0.25, -0.2) is 0 Å². The minimum Gasteiger partial charge on any atom is -0.508 e. The lowest BCUT2D eigenvalue weighted by molar-refractivity contribution is -0.107. The fourth-order valence-electron chi connectivity index (χ4n) is 1.08. The van der Waals surface area contributed by atoms with E-state index in [1.807, 2.05) is 13.0 Å². The van der Waals surface area contributed by atoms with E-state index in [0.717, 1.165) is 12.0 Å². The van der Waals surface area contributed by atoms with Gasteiger partial charge >= 0.3 is 0 Å². The maximum Gasteiger partial charge on any atom is 0.122 e. The van der Waals surface area contributed by atoms with E-state index in [2.05, 4.69) is 5.32 Å². The second-order valence-electron chi connectivity index (χ2n) is 3.00. The third-order valence-corrected chi connectivity index (χ3v) is 1.71. The Hall–Kier alpha value is -1.51. The van der Waals surface area contributed by atoms with Crippen LogP contribution in [0.5, 0.6) is 5.75 Å². The summed E-state index contributed by atoms with van der Waals surface area (Å²) in [5.41, 5.74) is 0.828. The fraction of sp³-hybridized carbons (Fsp3) is 0.300. The predicted octanol–water partition coefficient (Wildman–Crippen LogP) is 1.78. The van der Waals surface area contributed by atoms with Gasteiger partial charge in [0.25, 0.3) is 0 Å². The van der Waals surface area contributed by atoms with Crippen molar-refractivity contribution in [2.24, 2.45) is 0 Å². The first-order chi connectivity index (χ1) is 6.22. The normalized spacial score (nSPS) is 12.1. The van der Waals surface area contributed by atoms with Crippen LogP contribution >= 0.6 is 0 Å². The summed E-state index contributed by atoms with van der Waals surface area (Å²) < 4.78 is 0. The van der Waals surface area contributed by atoms with Gasteiger partial charge in [0, 0.05) is 24.2 Å². The Kier molecular flexibility index (Phi) is 3.31. The first-order valence-electron chi connectivity index (χ1n) is 4.21. The topological polar surface area (TPSA) is 49.3 Å². The van der Waals surface area contributed by atoms with Crippen LogP contribution in [0.2, 0.25) is 0 Å². The molecule has 0 bridgehead atoms. The van der Waals surface area contributed by atoms with Gasteiger partial charge < -0.3 is 15.2 Å². The van der Waals surface area contributed by atoms with Gasteiger partial charge in [0.05, 0.1) is 0 Å². The summed E-state index contributed by atoms with van der Waals surface area (Å²) in [7, 11) is 0. The molecule has 0 aliphatic rings. The number of hydrogen-bond acceptors (Lipinski definition) is 3. The molecule has 0 amide bonds. The predicted molar refractivity (Wildman–Crippen MR) is 51.9 cm³/mol. The highest BCUT2D eigenvalue weighted by Gasteiger charge is 2.00. The number of nitrogens with one attached hydrogen (secondary N) is 1. The third-order valence-electron chi connectivity index (χ3n) is 1.71. The molecule has 0 aliphatic carbocycles. The van der Waals surface area contributed by atoms with E-state index >= 15 is 0 Å². The summed E-state index contributed by atoms with van der Waals surface area (Å²) in [5.74, 6) is 0.225. The number of carbonyl (C=O) groups is 1. The van der Waals surface area contributed by atoms with Crippen molar-refractivity contribution in [3.8, 4) is 5.75 Å². The van der Waals surface area contributed by atoms with Crippen LogP contribution in [0, 0.1) is 0 Å². The lowest BCUT2D eigenvalue weighted by Crippen LogP contribution is -2.15. The molecule has 1 unspecified atom stereocenters. The van der Waals surface area contributed by atoms with Gasteiger partial charge in [-0.2, -0.15) is 0 Å². The molecule has 0 aromatic heterocycles. The van der Waals surface area contributed by atoms with E-state index in [1.165, 1.54) is 0 Å². The van der Waals surface area contributed by atoms with E-state index in [0.29, 0.717) is 6.42 Å². The molecule has 1 atom stereocenters. The van der Waals surface area contributed by atoms with Gasteiger partial charge in [-0.1, -0.05) is 6.07 Å². The van der Waals surface area contributed by atoms with E-state index in [-0.39, 0.29) is 11.8 Å². The number of rotatable bonds is 4. The molecule has 0 saturated carbocycles. The molecule has 0 radical (unpaired) electrons. The van der Waals surface area contributed by atoms with Gasteiger partial charge in [0.1, 0.15) is 12.0 Å². The van der Waals surface area contributed by atoms with Crippen LogP contribution in [0.4, 0.5) is 5.69 Å². The Morgan fingerprint density at radius 3 is 3.00 bits per heavy atom. The van der Waals surface area contributed by atoms with Crippen LogP contribution < -0.4 is 5.32 Å². The monoisotopic (exact) mass is 179 g/mol. The van der Waals surface area contributed by atoms with Gasteiger partial charge in [0.15, 0.2) is 0 Å². The Balaban J connectivity index is 2.58. The zero-order valence-corrected chi connectivity index (χ0v) is 7.53. The summed E-state index contributed by atoms with van der Waals surface area (Å²) in [6, 6.07) is 6.93. The van der Waals surface area contributed by atoms with Crippen LogP contribution in [0.25, 0.3) is 0 Å². The fourth-order valence-corrected chi connectivity index (χ4v) is 1.08. The molecule has 0 heterocycles. The first-order valence-corrected chi connectivity index (χ1v) is 4.21. The second-order valence-corrected chi connectivity index (χ2v) is 3.00. The summed E-state index contributed by atoms with van der Waals surface area (Å²) in [4.78, 5) is 10.2. The molecule has 70 valence electrons. The molecular formula is C10H13NO2. The third kappa shape index (κ3) is 3.15. The maximum atomic E-state index is 10.2. The molecule has 1 aromatic rings. The van der Waals surface area contributed by atoms with E-state index in [9.17, 15) is 4.79 Å². The average Bonchev–Trinajstić information content (AvgIpc) is 2.04. The smallest absolute Gasteiger partial charge is 0.122 e. The van der Waals surface area contributed by atoms with Crippen LogP contribution in [0.3, 0.4) is 0 Å². The van der Waals surface area contributed by atoms with Crippen molar-refractivity contribution in [1.29, 1.82) is 0 Å². The number of phenolic OH excluding ortho intramolecular Hbond substituents is 1. The maximum absolute atomic E-state index is 10.2. The van der Waals surface area contributed by atoms with Crippen molar-refractivity contribution in [2.75, 3.05) is 5.32 Å². The van der Waals surface area contributed by atoms with Crippen molar-refractivity contribution in [1.82, 2.24) is 0 Å².